The Morgan fingerprint density at radius 1 is 0.474 bits per heavy atom. The van der Waals surface area contributed by atoms with Crippen LogP contribution < -0.4 is 0 Å². The molecule has 0 amide bonds. The average Bonchev–Trinajstić information content (AvgIpc) is 1.67. The molecule has 0 radical (unpaired) electrons. The molecule has 3 atom stereocenters. The lowest BCUT2D eigenvalue weighted by atomic mass is 10.0. The van der Waals surface area contributed by atoms with Crippen LogP contribution in [0.2, 0.25) is 0 Å². The number of carbonyl (C=O) groups excluding carboxylic acids is 3. The Morgan fingerprint density at radius 2 is 0.876 bits per heavy atom. The first-order chi connectivity index (χ1) is 46.9. The van der Waals surface area contributed by atoms with E-state index in [4.69, 9.17) is 0 Å². The van der Waals surface area contributed by atoms with Crippen molar-refractivity contribution in [3.8, 4) is 58.5 Å². The summed E-state index contributed by atoms with van der Waals surface area (Å²) in [5.74, 6) is 18.3. The molecule has 0 aliphatic carbocycles. The van der Waals surface area contributed by atoms with E-state index in [1.165, 1.54) is 11.6 Å². The van der Waals surface area contributed by atoms with Crippen molar-refractivity contribution in [3.63, 3.8) is 0 Å². The van der Waals surface area contributed by atoms with Gasteiger partial charge in [-0.1, -0.05) is 131 Å². The number of hydrogen-bond donors (Lipinski definition) is 8. The van der Waals surface area contributed by atoms with Crippen LogP contribution in [0, 0.1) is 42.4 Å². The average molecular weight is 1310 g/mol. The van der Waals surface area contributed by atoms with E-state index in [9.17, 15) is 45.0 Å². The fourth-order valence-corrected chi connectivity index (χ4v) is 10.8. The van der Waals surface area contributed by atoms with E-state index in [0.29, 0.717) is 114 Å². The smallest absolute Gasteiger partial charge is 0.162 e. The van der Waals surface area contributed by atoms with Gasteiger partial charge < -0.3 is 45.3 Å². The molecule has 0 saturated carbocycles. The number of aromatic hydroxyl groups is 3. The van der Waals surface area contributed by atoms with Crippen LogP contribution in [-0.4, -0.2) is 175 Å². The lowest BCUT2D eigenvalue weighted by molar-refractivity contribution is 0.0874. The number of aliphatic hydroxyl groups is 3. The summed E-state index contributed by atoms with van der Waals surface area (Å²) in [6.07, 6.45) is 4.08. The number of imidazole rings is 1. The topological polar surface area (TPSA) is 270 Å². The SMILES string of the molecule is CCN(CC)CC(O)CCC(=O)c1ccc(C#Cc2c(O)ccc3[nH]ncc23)cc1.CCN(CC)CC(O)CCC(=O)c1ccc(C#Cc2c(O)ccc3c2ncn3-c2ccc(C)cc2)cc1.CCN(CC)CC(O)CCC(=O)c1ccc(C#Cc2c(O)ccc3n[nH]nc23)cc1. The summed E-state index contributed by atoms with van der Waals surface area (Å²) < 4.78 is 1.97. The molecule has 19 heteroatoms. The molecule has 8 N–H and O–H groups in total. The molecule has 7 aromatic carbocycles. The number of hydrogen-bond acceptors (Lipinski definition) is 16. The highest BCUT2D eigenvalue weighted by Crippen LogP contribution is 2.29. The second kappa shape index (κ2) is 36.0. The molecule has 0 saturated heterocycles. The maximum atomic E-state index is 12.6. The molecule has 502 valence electrons. The van der Waals surface area contributed by atoms with Crippen molar-refractivity contribution in [3.05, 3.63) is 202 Å². The number of nitrogens with one attached hydrogen (secondary N) is 2. The Morgan fingerprint density at radius 3 is 1.32 bits per heavy atom. The molecule has 3 heterocycles. The van der Waals surface area contributed by atoms with Gasteiger partial charge in [-0.05, 0) is 150 Å². The van der Waals surface area contributed by atoms with E-state index in [1.807, 2.05) is 41.8 Å². The van der Waals surface area contributed by atoms with Crippen molar-refractivity contribution in [2.45, 2.75) is 105 Å². The number of benzene rings is 7. The Labute approximate surface area is 566 Å². The highest BCUT2D eigenvalue weighted by atomic mass is 16.3. The molecule has 3 aromatic heterocycles. The third-order valence-electron chi connectivity index (χ3n) is 16.9. The monoisotopic (exact) mass is 1310 g/mol. The minimum Gasteiger partial charge on any atom is -0.507 e. The Hall–Kier alpha value is -10.3. The largest absolute Gasteiger partial charge is 0.507 e. The van der Waals surface area contributed by atoms with Crippen LogP contribution in [0.25, 0.3) is 38.7 Å². The van der Waals surface area contributed by atoms with E-state index < -0.39 is 18.3 Å². The molecule has 97 heavy (non-hydrogen) atoms. The second-order valence-corrected chi connectivity index (χ2v) is 23.5. The molecule has 0 bridgehead atoms. The number of aromatic nitrogens is 7. The van der Waals surface area contributed by atoms with Gasteiger partial charge in [0.2, 0.25) is 0 Å². The Balaban J connectivity index is 0.000000187. The van der Waals surface area contributed by atoms with E-state index in [1.54, 1.807) is 110 Å². The highest BCUT2D eigenvalue weighted by Gasteiger charge is 2.18. The first-order valence-corrected chi connectivity index (χ1v) is 33.0. The summed E-state index contributed by atoms with van der Waals surface area (Å²) in [6, 6.07) is 39.4. The number of rotatable bonds is 25. The number of nitrogens with zero attached hydrogens (tertiary/aromatic N) is 8. The van der Waals surface area contributed by atoms with Crippen molar-refractivity contribution in [2.24, 2.45) is 0 Å². The number of likely N-dealkylation sites (N-methyl/N-ethyl adjacent to an activating group) is 3. The first-order valence-electron chi connectivity index (χ1n) is 33.0. The van der Waals surface area contributed by atoms with Crippen LogP contribution in [0.4, 0.5) is 0 Å². The molecular weight excluding hydrogens is 1220 g/mol. The fraction of sp³-hybridized carbons (Fsp3) is 0.321. The number of phenols is 3. The lowest BCUT2D eigenvalue weighted by Crippen LogP contribution is -2.32. The van der Waals surface area contributed by atoms with Crippen molar-refractivity contribution in [1.82, 2.24) is 49.9 Å². The van der Waals surface area contributed by atoms with Gasteiger partial charge in [-0.2, -0.15) is 20.5 Å². The third-order valence-corrected chi connectivity index (χ3v) is 16.9. The van der Waals surface area contributed by atoms with Crippen molar-refractivity contribution in [1.29, 1.82) is 0 Å². The van der Waals surface area contributed by atoms with Crippen molar-refractivity contribution in [2.75, 3.05) is 58.9 Å². The molecule has 0 spiro atoms. The van der Waals surface area contributed by atoms with Crippen LogP contribution in [0.15, 0.2) is 146 Å². The van der Waals surface area contributed by atoms with Gasteiger partial charge in [0.15, 0.2) is 17.3 Å². The number of carbonyl (C=O) groups is 3. The van der Waals surface area contributed by atoms with Crippen LogP contribution in [0.3, 0.4) is 0 Å². The number of phenolic OH excluding ortho intramolecular Hbond substituents is 3. The van der Waals surface area contributed by atoms with Gasteiger partial charge >= 0.3 is 0 Å². The number of aromatic amines is 2. The van der Waals surface area contributed by atoms with E-state index in [0.717, 1.165) is 72.5 Å². The summed E-state index contributed by atoms with van der Waals surface area (Å²) >= 11 is 0. The quantitative estimate of drug-likeness (QED) is 0.0195. The highest BCUT2D eigenvalue weighted by molar-refractivity contribution is 5.97. The maximum Gasteiger partial charge on any atom is 0.162 e. The van der Waals surface area contributed by atoms with Gasteiger partial charge in [0.1, 0.15) is 40.1 Å². The van der Waals surface area contributed by atoms with E-state index in [2.05, 4.69) is 122 Å². The molecule has 10 rings (SSSR count). The number of aliphatic hydroxyl groups excluding tert-OH is 3. The fourth-order valence-electron chi connectivity index (χ4n) is 10.8. The van der Waals surface area contributed by atoms with Crippen molar-refractivity contribution < 1.29 is 45.0 Å². The molecule has 19 nitrogen and oxygen atoms in total. The number of H-pyrrole nitrogens is 2. The molecular formula is C78H86N10O9. The summed E-state index contributed by atoms with van der Waals surface area (Å²) in [5, 5.41) is 79.3. The summed E-state index contributed by atoms with van der Waals surface area (Å²) in [7, 11) is 0. The zero-order chi connectivity index (χ0) is 69.4. The van der Waals surface area contributed by atoms with E-state index in [-0.39, 0.29) is 34.6 Å². The number of Topliss-reactive ketones (excluding diaryl/α,β-unsaturated/α-hetero) is 3. The van der Waals surface area contributed by atoms with Crippen LogP contribution in [0.1, 0.15) is 150 Å². The van der Waals surface area contributed by atoms with Crippen LogP contribution in [0.5, 0.6) is 17.2 Å². The van der Waals surface area contributed by atoms with Crippen LogP contribution in [-0.2, 0) is 0 Å². The second-order valence-electron chi connectivity index (χ2n) is 23.5. The zero-order valence-corrected chi connectivity index (χ0v) is 56.2. The zero-order valence-electron chi connectivity index (χ0n) is 56.2. The maximum absolute atomic E-state index is 12.6. The summed E-state index contributed by atoms with van der Waals surface area (Å²) in [6.45, 7) is 21.4. The van der Waals surface area contributed by atoms with Gasteiger partial charge in [0, 0.05) is 83.4 Å². The lowest BCUT2D eigenvalue weighted by Gasteiger charge is -2.21. The Kier molecular flexibility index (Phi) is 26.9. The first kappa shape index (κ1) is 72.6. The number of ketones is 3. The standard InChI is InChI=1S/C31H33N3O3.C24H27N3O3.C23H26N4O3/c1-4-33(5-2)20-26(35)15-18-29(36)24-11-8-23(9-12-24)10-16-27-30(37)19-17-28-31(27)32-21-34(28)25-13-6-22(3)7-14-25;1-3-27(4-2)16-19(28)10-13-23(29)18-8-5-17(6-9-18)7-11-20-21-15-25-26-22(21)12-14-24(20)30;1-3-27(4-2)15-18(28)10-13-21(29)17-8-5-16(6-9-17)7-11-19-22(30)14-12-20-23(19)25-26-24-20/h6-9,11-14,17,19,21,26,35,37H,4-5,15,18,20H2,1-3H3;5-6,8-9,12,14-15,19,28,30H,3-4,10,13,16H2,1-2H3,(H,25,26);5-6,8-9,12,14,18,28,30H,3-4,10,13,15H2,1-2H3,(H,24,25,26). The number of aryl methyl sites for hydroxylation is 1. The molecule has 10 aromatic rings. The van der Waals surface area contributed by atoms with Gasteiger partial charge in [0.05, 0.1) is 52.2 Å². The molecule has 0 aliphatic rings. The third kappa shape index (κ3) is 20.4. The van der Waals surface area contributed by atoms with Gasteiger partial charge in [-0.25, -0.2) is 4.98 Å². The summed E-state index contributed by atoms with van der Waals surface area (Å²) in [5.41, 5.74) is 11.0. The molecule has 3 unspecified atom stereocenters. The normalized spacial score (nSPS) is 12.0. The van der Waals surface area contributed by atoms with Crippen LogP contribution >= 0.6 is 0 Å². The predicted octanol–water partition coefficient (Wildman–Crippen LogP) is 11.2. The van der Waals surface area contributed by atoms with Gasteiger partial charge in [-0.3, -0.25) is 24.0 Å². The predicted molar refractivity (Wildman–Crippen MR) is 380 cm³/mol. The molecule has 0 fully saturated rings. The minimum absolute atomic E-state index is 0.00174. The van der Waals surface area contributed by atoms with E-state index >= 15 is 0 Å². The van der Waals surface area contributed by atoms with Crippen molar-refractivity contribution >= 4 is 50.3 Å². The van der Waals surface area contributed by atoms with Gasteiger partial charge in [0.25, 0.3) is 0 Å². The number of fused-ring (bicyclic) bond motifs is 3. The Bertz CT molecular complexity index is 4260. The molecule has 0 aliphatic heterocycles. The van der Waals surface area contributed by atoms with Gasteiger partial charge in [-0.15, -0.1) is 0 Å². The minimum atomic E-state index is -0.515. The summed E-state index contributed by atoms with van der Waals surface area (Å²) in [4.78, 5) is 48.4.